The third-order valence-corrected chi connectivity index (χ3v) is 8.76. The number of aryl methyl sites for hydroxylation is 1. The van der Waals surface area contributed by atoms with E-state index in [9.17, 15) is 9.18 Å². The Kier molecular flexibility index (Phi) is 9.04. The molecule has 1 amide bonds. The minimum atomic E-state index is -0.640. The number of piperazine rings is 1. The van der Waals surface area contributed by atoms with E-state index in [0.717, 1.165) is 49.7 Å². The van der Waals surface area contributed by atoms with Crippen LogP contribution in [0, 0.1) is 6.92 Å². The van der Waals surface area contributed by atoms with Crippen molar-refractivity contribution in [3.8, 4) is 6.01 Å². The maximum absolute atomic E-state index is 12.5. The van der Waals surface area contributed by atoms with E-state index < -0.39 is 6.67 Å². The second kappa shape index (κ2) is 13.3. The van der Waals surface area contributed by atoms with Crippen LogP contribution in [-0.4, -0.2) is 104 Å². The topological polar surface area (TPSA) is 74.3 Å². The predicted molar refractivity (Wildman–Crippen MR) is 167 cm³/mol. The number of carbonyl (C=O) groups is 1. The van der Waals surface area contributed by atoms with Crippen molar-refractivity contribution in [3.63, 3.8) is 0 Å². The lowest BCUT2D eigenvalue weighted by Crippen LogP contribution is -2.49. The fraction of sp³-hybridized carbons (Fsp3) is 0.485. The molecule has 2 saturated heterocycles. The summed E-state index contributed by atoms with van der Waals surface area (Å²) in [5.74, 6) is 0.737. The summed E-state index contributed by atoms with van der Waals surface area (Å²) in [6.45, 7) is 11.4. The number of ether oxygens (including phenoxy) is 2. The molecule has 0 bridgehead atoms. The van der Waals surface area contributed by atoms with E-state index in [1.54, 1.807) is 4.90 Å². The van der Waals surface area contributed by atoms with Crippen molar-refractivity contribution in [1.82, 2.24) is 19.8 Å². The summed E-state index contributed by atoms with van der Waals surface area (Å²) >= 11 is 0. The highest BCUT2D eigenvalue weighted by molar-refractivity contribution is 5.97. The Bertz CT molecular complexity index is 1470. The number of hydrogen-bond donors (Lipinski definition) is 0. The average Bonchev–Trinajstić information content (AvgIpc) is 3.05. The molecule has 3 aromatic rings. The zero-order chi connectivity index (χ0) is 29.8. The number of amides is 1. The first-order valence-corrected chi connectivity index (χ1v) is 15.4. The van der Waals surface area contributed by atoms with Gasteiger partial charge in [-0.05, 0) is 43.0 Å². The summed E-state index contributed by atoms with van der Waals surface area (Å²) in [4.78, 5) is 31.1. The van der Waals surface area contributed by atoms with Crippen molar-refractivity contribution in [3.05, 3.63) is 65.4 Å². The van der Waals surface area contributed by atoms with Gasteiger partial charge in [-0.1, -0.05) is 37.3 Å². The van der Waals surface area contributed by atoms with E-state index in [0.29, 0.717) is 51.9 Å². The van der Waals surface area contributed by atoms with Crippen LogP contribution in [0.15, 0.2) is 48.6 Å². The van der Waals surface area contributed by atoms with Crippen LogP contribution >= 0.6 is 0 Å². The number of anilines is 2. The number of aromatic nitrogens is 2. The number of likely N-dealkylation sites (N-methyl/N-ethyl adjacent to an activating group) is 1. The first-order chi connectivity index (χ1) is 21.0. The maximum atomic E-state index is 12.5. The Morgan fingerprint density at radius 3 is 2.67 bits per heavy atom. The van der Waals surface area contributed by atoms with Gasteiger partial charge in [-0.15, -0.1) is 0 Å². The van der Waals surface area contributed by atoms with Crippen LogP contribution in [0.1, 0.15) is 23.7 Å². The number of allylic oxidation sites excluding steroid dienone is 1. The van der Waals surface area contributed by atoms with Gasteiger partial charge >= 0.3 is 6.01 Å². The fourth-order valence-corrected chi connectivity index (χ4v) is 6.41. The van der Waals surface area contributed by atoms with Gasteiger partial charge in [0, 0.05) is 68.5 Å². The van der Waals surface area contributed by atoms with Crippen LogP contribution in [-0.2, 0) is 22.5 Å². The summed E-state index contributed by atoms with van der Waals surface area (Å²) in [6, 6.07) is 13.3. The molecule has 0 aliphatic carbocycles. The highest BCUT2D eigenvalue weighted by atomic mass is 19.1. The van der Waals surface area contributed by atoms with Crippen LogP contribution in [0.3, 0.4) is 0 Å². The number of rotatable bonds is 8. The van der Waals surface area contributed by atoms with E-state index in [4.69, 9.17) is 19.4 Å². The molecule has 43 heavy (non-hydrogen) atoms. The molecule has 9 nitrogen and oxygen atoms in total. The molecular weight excluding hydrogens is 547 g/mol. The minimum Gasteiger partial charge on any atom is -0.461 e. The number of fused-ring (bicyclic) bond motifs is 2. The SMILES string of the molecule is CCN1CCOC(COc2nc3c(c(N4CCN(C(=O)/C=C/CF)CC4)n2)CCN(c2cccc4cccc(C)c24)C3)C1. The average molecular weight is 589 g/mol. The monoisotopic (exact) mass is 588 g/mol. The predicted octanol–water partition coefficient (Wildman–Crippen LogP) is 3.77. The quantitative estimate of drug-likeness (QED) is 0.369. The van der Waals surface area contributed by atoms with Gasteiger partial charge in [0.05, 0.1) is 18.8 Å². The summed E-state index contributed by atoms with van der Waals surface area (Å²) in [7, 11) is 0. The molecule has 1 aromatic heterocycles. The number of benzene rings is 2. The molecule has 0 N–H and O–H groups in total. The molecule has 3 aliphatic rings. The van der Waals surface area contributed by atoms with Crippen LogP contribution in [0.2, 0.25) is 0 Å². The highest BCUT2D eigenvalue weighted by Crippen LogP contribution is 2.35. The Morgan fingerprint density at radius 1 is 1.07 bits per heavy atom. The van der Waals surface area contributed by atoms with E-state index in [2.05, 4.69) is 64.9 Å². The third kappa shape index (κ3) is 6.45. The van der Waals surface area contributed by atoms with Gasteiger partial charge in [0.25, 0.3) is 0 Å². The first kappa shape index (κ1) is 29.3. The van der Waals surface area contributed by atoms with Gasteiger partial charge in [-0.2, -0.15) is 9.97 Å². The molecule has 6 rings (SSSR count). The molecule has 0 spiro atoms. The number of hydrogen-bond acceptors (Lipinski definition) is 8. The van der Waals surface area contributed by atoms with Crippen LogP contribution < -0.4 is 14.5 Å². The van der Waals surface area contributed by atoms with Crippen LogP contribution in [0.5, 0.6) is 6.01 Å². The standard InChI is InChI=1S/C33H41FN6O3/c1-3-37-19-20-42-26(21-37)23-43-33-35-28-22-40(29-10-5-9-25-8-4-7-24(2)31(25)29)14-12-27(28)32(36-33)39-17-15-38(16-18-39)30(41)11-6-13-34/h4-11,26H,3,12-23H2,1-2H3/b11-6+. The summed E-state index contributed by atoms with van der Waals surface area (Å²) in [5.41, 5.74) is 4.59. The molecule has 2 fully saturated rings. The molecule has 0 saturated carbocycles. The first-order valence-electron chi connectivity index (χ1n) is 15.4. The normalized spacial score (nSPS) is 19.7. The van der Waals surface area contributed by atoms with Crippen molar-refractivity contribution in [2.45, 2.75) is 32.9 Å². The molecular formula is C33H41FN6O3. The number of nitrogens with zero attached hydrogens (tertiary/aromatic N) is 6. The van der Waals surface area contributed by atoms with Gasteiger partial charge in [0.2, 0.25) is 5.91 Å². The van der Waals surface area contributed by atoms with Crippen molar-refractivity contribution in [2.75, 3.05) is 82.0 Å². The van der Waals surface area contributed by atoms with Gasteiger partial charge in [-0.25, -0.2) is 4.39 Å². The van der Waals surface area contributed by atoms with Gasteiger partial charge in [0.1, 0.15) is 25.2 Å². The molecule has 2 aromatic carbocycles. The van der Waals surface area contributed by atoms with Crippen LogP contribution in [0.4, 0.5) is 15.9 Å². The van der Waals surface area contributed by atoms with Crippen molar-refractivity contribution >= 4 is 28.2 Å². The molecule has 10 heteroatoms. The van der Waals surface area contributed by atoms with E-state index >= 15 is 0 Å². The summed E-state index contributed by atoms with van der Waals surface area (Å²) in [6.07, 6.45) is 3.37. The molecule has 3 aliphatic heterocycles. The van der Waals surface area contributed by atoms with E-state index in [-0.39, 0.29) is 12.0 Å². The maximum Gasteiger partial charge on any atom is 0.318 e. The van der Waals surface area contributed by atoms with Crippen molar-refractivity contribution < 1.29 is 18.7 Å². The lowest BCUT2D eigenvalue weighted by molar-refractivity contribution is -0.126. The van der Waals surface area contributed by atoms with E-state index in [1.807, 2.05) is 0 Å². The number of carbonyl (C=O) groups excluding carboxylic acids is 1. The fourth-order valence-electron chi connectivity index (χ4n) is 6.41. The molecule has 228 valence electrons. The van der Waals surface area contributed by atoms with E-state index in [1.165, 1.54) is 34.2 Å². The highest BCUT2D eigenvalue weighted by Gasteiger charge is 2.29. The Balaban J connectivity index is 1.27. The Hall–Kier alpha value is -3.76. The Morgan fingerprint density at radius 2 is 1.88 bits per heavy atom. The zero-order valence-corrected chi connectivity index (χ0v) is 25.2. The number of morpholine rings is 1. The lowest BCUT2D eigenvalue weighted by atomic mass is 9.99. The Labute approximate surface area is 252 Å². The summed E-state index contributed by atoms with van der Waals surface area (Å²) in [5, 5.41) is 2.51. The van der Waals surface area contributed by atoms with Gasteiger partial charge in [0.15, 0.2) is 0 Å². The van der Waals surface area contributed by atoms with Crippen molar-refractivity contribution in [1.29, 1.82) is 0 Å². The molecule has 4 heterocycles. The molecule has 0 radical (unpaired) electrons. The van der Waals surface area contributed by atoms with Gasteiger partial charge < -0.3 is 24.2 Å². The largest absolute Gasteiger partial charge is 0.461 e. The number of halogens is 1. The molecule has 1 atom stereocenters. The van der Waals surface area contributed by atoms with Crippen molar-refractivity contribution in [2.24, 2.45) is 0 Å². The second-order valence-corrected chi connectivity index (χ2v) is 11.4. The number of alkyl halides is 1. The molecule has 1 unspecified atom stereocenters. The zero-order valence-electron chi connectivity index (χ0n) is 25.2. The minimum absolute atomic E-state index is 0.0288. The smallest absolute Gasteiger partial charge is 0.318 e. The lowest BCUT2D eigenvalue weighted by Gasteiger charge is -2.38. The van der Waals surface area contributed by atoms with Crippen LogP contribution in [0.25, 0.3) is 10.8 Å². The second-order valence-electron chi connectivity index (χ2n) is 11.4. The summed E-state index contributed by atoms with van der Waals surface area (Å²) < 4.78 is 24.8. The van der Waals surface area contributed by atoms with Gasteiger partial charge in [-0.3, -0.25) is 9.69 Å². The third-order valence-electron chi connectivity index (χ3n) is 8.76.